The second kappa shape index (κ2) is 9.32. The molecule has 6 nitrogen and oxygen atoms in total. The minimum absolute atomic E-state index is 0.220. The molecule has 28 heavy (non-hydrogen) atoms. The van der Waals surface area contributed by atoms with Crippen LogP contribution in [-0.4, -0.2) is 29.9 Å². The summed E-state index contributed by atoms with van der Waals surface area (Å²) in [6.45, 7) is 0.397. The molecule has 1 heterocycles. The Balaban J connectivity index is 1.81. The van der Waals surface area contributed by atoms with Crippen LogP contribution in [0.5, 0.6) is 0 Å². The molecule has 0 fully saturated rings. The van der Waals surface area contributed by atoms with E-state index >= 15 is 0 Å². The molecule has 0 aliphatic carbocycles. The van der Waals surface area contributed by atoms with Crippen LogP contribution in [0.15, 0.2) is 72.8 Å². The van der Waals surface area contributed by atoms with Crippen LogP contribution in [0.4, 0.5) is 5.82 Å². The van der Waals surface area contributed by atoms with Crippen LogP contribution in [0.3, 0.4) is 0 Å². The average molecular weight is 374 g/mol. The zero-order chi connectivity index (χ0) is 19.8. The Morgan fingerprint density at radius 3 is 2.25 bits per heavy atom. The Bertz CT molecular complexity index is 943. The Morgan fingerprint density at radius 2 is 1.57 bits per heavy atom. The Hall–Kier alpha value is -3.67. The maximum Gasteiger partial charge on any atom is 0.255 e. The van der Waals surface area contributed by atoms with Gasteiger partial charge in [0, 0.05) is 12.1 Å². The number of carbonyl (C=O) groups excluding carboxylic acids is 2. The van der Waals surface area contributed by atoms with Gasteiger partial charge < -0.3 is 16.4 Å². The molecule has 0 bridgehead atoms. The second-order valence-electron chi connectivity index (χ2n) is 6.27. The van der Waals surface area contributed by atoms with E-state index < -0.39 is 11.8 Å². The highest BCUT2D eigenvalue weighted by Crippen LogP contribution is 2.22. The van der Waals surface area contributed by atoms with Gasteiger partial charge in [-0.15, -0.1) is 0 Å². The lowest BCUT2D eigenvalue weighted by Crippen LogP contribution is -2.33. The summed E-state index contributed by atoms with van der Waals surface area (Å²) in [6.07, 6.45) is 0.792. The van der Waals surface area contributed by atoms with E-state index in [4.69, 9.17) is 5.73 Å². The predicted octanol–water partition coefficient (Wildman–Crippen LogP) is 2.62. The number of nitrogens with zero attached hydrogens (tertiary/aromatic N) is 1. The van der Waals surface area contributed by atoms with Gasteiger partial charge in [0.2, 0.25) is 5.91 Å². The van der Waals surface area contributed by atoms with E-state index in [0.29, 0.717) is 17.9 Å². The summed E-state index contributed by atoms with van der Waals surface area (Å²) in [5.41, 5.74) is 8.39. The Morgan fingerprint density at radius 1 is 0.893 bits per heavy atom. The summed E-state index contributed by atoms with van der Waals surface area (Å²) >= 11 is 0. The Labute approximate surface area is 163 Å². The molecule has 2 aromatic carbocycles. The van der Waals surface area contributed by atoms with E-state index in [-0.39, 0.29) is 6.54 Å². The highest BCUT2D eigenvalue weighted by molar-refractivity contribution is 6.00. The van der Waals surface area contributed by atoms with E-state index in [1.165, 1.54) is 5.56 Å². The first-order valence-electron chi connectivity index (χ1n) is 9.04. The molecule has 3 aromatic rings. The molecular formula is C22H22N4O2. The summed E-state index contributed by atoms with van der Waals surface area (Å²) < 4.78 is 0. The number of pyridine rings is 1. The molecule has 0 aliphatic heterocycles. The number of benzene rings is 2. The lowest BCUT2D eigenvalue weighted by Gasteiger charge is -2.13. The van der Waals surface area contributed by atoms with E-state index in [1.54, 1.807) is 12.1 Å². The largest absolute Gasteiger partial charge is 0.369 e. The lowest BCUT2D eigenvalue weighted by atomic mass is 10.1. The first-order valence-corrected chi connectivity index (χ1v) is 9.04. The number of aromatic nitrogens is 1. The van der Waals surface area contributed by atoms with Crippen molar-refractivity contribution in [1.82, 2.24) is 10.3 Å². The minimum atomic E-state index is -0.596. The van der Waals surface area contributed by atoms with Crippen molar-refractivity contribution in [3.8, 4) is 11.3 Å². The van der Waals surface area contributed by atoms with Gasteiger partial charge in [0.1, 0.15) is 5.82 Å². The van der Waals surface area contributed by atoms with E-state index in [0.717, 1.165) is 17.7 Å². The van der Waals surface area contributed by atoms with E-state index in [2.05, 4.69) is 27.8 Å². The van der Waals surface area contributed by atoms with Gasteiger partial charge in [0.25, 0.3) is 5.91 Å². The van der Waals surface area contributed by atoms with E-state index in [9.17, 15) is 9.59 Å². The standard InChI is InChI=1S/C22H22N4O2/c23-20(27)15-25-22(28)18-11-12-19(17-9-5-2-6-10-17)26-21(18)24-14-13-16-7-3-1-4-8-16/h1-12H,13-15H2,(H2,23,27)(H,24,26)(H,25,28). The van der Waals surface area contributed by atoms with Crippen molar-refractivity contribution < 1.29 is 9.59 Å². The molecule has 3 rings (SSSR count). The molecule has 4 N–H and O–H groups in total. The van der Waals surface area contributed by atoms with Crippen molar-refractivity contribution in [3.63, 3.8) is 0 Å². The predicted molar refractivity (Wildman–Crippen MR) is 110 cm³/mol. The molecule has 0 unspecified atom stereocenters. The third-order valence-corrected chi connectivity index (χ3v) is 4.18. The molecule has 2 amide bonds. The summed E-state index contributed by atoms with van der Waals surface area (Å²) in [5.74, 6) is -0.520. The van der Waals surface area contributed by atoms with Gasteiger partial charge in [-0.3, -0.25) is 9.59 Å². The number of carbonyl (C=O) groups is 2. The summed E-state index contributed by atoms with van der Waals surface area (Å²) in [7, 11) is 0. The van der Waals surface area contributed by atoms with Gasteiger partial charge in [-0.25, -0.2) is 4.98 Å². The number of primary amides is 1. The molecule has 0 atom stereocenters. The van der Waals surface area contributed by atoms with Gasteiger partial charge in [0.05, 0.1) is 17.8 Å². The number of rotatable bonds is 8. The van der Waals surface area contributed by atoms with Crippen LogP contribution in [0, 0.1) is 0 Å². The fraction of sp³-hybridized carbons (Fsp3) is 0.136. The van der Waals surface area contributed by atoms with Crippen molar-refractivity contribution in [1.29, 1.82) is 0 Å². The summed E-state index contributed by atoms with van der Waals surface area (Å²) in [4.78, 5) is 28.1. The second-order valence-corrected chi connectivity index (χ2v) is 6.27. The van der Waals surface area contributed by atoms with Crippen molar-refractivity contribution in [3.05, 3.63) is 83.9 Å². The van der Waals surface area contributed by atoms with Crippen LogP contribution in [0.1, 0.15) is 15.9 Å². The first kappa shape index (κ1) is 19.1. The quantitative estimate of drug-likeness (QED) is 0.565. The van der Waals surface area contributed by atoms with Crippen molar-refractivity contribution in [2.45, 2.75) is 6.42 Å². The zero-order valence-corrected chi connectivity index (χ0v) is 15.4. The molecule has 0 spiro atoms. The van der Waals surface area contributed by atoms with Crippen molar-refractivity contribution in [2.24, 2.45) is 5.73 Å². The molecule has 1 aromatic heterocycles. The summed E-state index contributed by atoms with van der Waals surface area (Å²) in [6, 6.07) is 23.3. The number of amides is 2. The highest BCUT2D eigenvalue weighted by atomic mass is 16.2. The average Bonchev–Trinajstić information content (AvgIpc) is 2.73. The van der Waals surface area contributed by atoms with Crippen LogP contribution in [0.2, 0.25) is 0 Å². The Kier molecular flexibility index (Phi) is 6.36. The molecule has 142 valence electrons. The minimum Gasteiger partial charge on any atom is -0.369 e. The highest BCUT2D eigenvalue weighted by Gasteiger charge is 2.14. The third-order valence-electron chi connectivity index (χ3n) is 4.18. The van der Waals surface area contributed by atoms with E-state index in [1.807, 2.05) is 48.5 Å². The number of anilines is 1. The van der Waals surface area contributed by atoms with Crippen molar-refractivity contribution in [2.75, 3.05) is 18.4 Å². The van der Waals surface area contributed by atoms with Gasteiger partial charge in [-0.1, -0.05) is 60.7 Å². The molecular weight excluding hydrogens is 352 g/mol. The maximum atomic E-state index is 12.5. The monoisotopic (exact) mass is 374 g/mol. The van der Waals surface area contributed by atoms with Crippen LogP contribution >= 0.6 is 0 Å². The van der Waals surface area contributed by atoms with Gasteiger partial charge >= 0.3 is 0 Å². The summed E-state index contributed by atoms with van der Waals surface area (Å²) in [5, 5.41) is 5.76. The number of hydrogen-bond donors (Lipinski definition) is 3. The topological polar surface area (TPSA) is 97.1 Å². The fourth-order valence-corrected chi connectivity index (χ4v) is 2.78. The molecule has 0 saturated heterocycles. The number of hydrogen-bond acceptors (Lipinski definition) is 4. The first-order chi connectivity index (χ1) is 13.6. The van der Waals surface area contributed by atoms with Crippen LogP contribution in [-0.2, 0) is 11.2 Å². The van der Waals surface area contributed by atoms with Gasteiger partial charge in [-0.2, -0.15) is 0 Å². The zero-order valence-electron chi connectivity index (χ0n) is 15.4. The molecule has 0 saturated carbocycles. The van der Waals surface area contributed by atoms with Gasteiger partial charge in [0.15, 0.2) is 0 Å². The molecule has 6 heteroatoms. The lowest BCUT2D eigenvalue weighted by molar-refractivity contribution is -0.117. The maximum absolute atomic E-state index is 12.5. The molecule has 0 radical (unpaired) electrons. The third kappa shape index (κ3) is 5.17. The van der Waals surface area contributed by atoms with Crippen LogP contribution < -0.4 is 16.4 Å². The smallest absolute Gasteiger partial charge is 0.255 e. The van der Waals surface area contributed by atoms with Crippen molar-refractivity contribution >= 4 is 17.6 Å². The number of nitrogens with one attached hydrogen (secondary N) is 2. The normalized spacial score (nSPS) is 10.3. The van der Waals surface area contributed by atoms with Crippen LogP contribution in [0.25, 0.3) is 11.3 Å². The van der Waals surface area contributed by atoms with Gasteiger partial charge in [-0.05, 0) is 24.1 Å². The fourth-order valence-electron chi connectivity index (χ4n) is 2.78. The number of nitrogens with two attached hydrogens (primary N) is 1. The SMILES string of the molecule is NC(=O)CNC(=O)c1ccc(-c2ccccc2)nc1NCCc1ccccc1. The molecule has 0 aliphatic rings.